The molecule has 0 fully saturated rings. The van der Waals surface area contributed by atoms with Gasteiger partial charge < -0.3 is 11.1 Å². The molecular weight excluding hydrogens is 382 g/mol. The second-order valence-electron chi connectivity index (χ2n) is 6.44. The first-order valence-electron chi connectivity index (χ1n) is 8.99. The van der Waals surface area contributed by atoms with Crippen LogP contribution < -0.4 is 16.0 Å². The van der Waals surface area contributed by atoms with Crippen LogP contribution in [0.5, 0.6) is 0 Å². The minimum Gasteiger partial charge on any atom is -0.399 e. The van der Waals surface area contributed by atoms with Crippen LogP contribution in [0.1, 0.15) is 15.9 Å². The van der Waals surface area contributed by atoms with Crippen molar-refractivity contribution in [2.45, 2.75) is 6.92 Å². The summed E-state index contributed by atoms with van der Waals surface area (Å²) in [5, 5.41) is 5.71. The molecule has 0 aliphatic rings. The molecule has 2 heterocycles. The van der Waals surface area contributed by atoms with E-state index in [4.69, 9.17) is 5.73 Å². The Bertz CT molecular complexity index is 1110. The molecule has 6 nitrogen and oxygen atoms in total. The maximum absolute atomic E-state index is 12.6. The number of rotatable bonds is 5. The highest BCUT2D eigenvalue weighted by Crippen LogP contribution is 2.38. The average Bonchev–Trinajstić information content (AvgIpc) is 3.26. The van der Waals surface area contributed by atoms with Crippen LogP contribution in [0, 0.1) is 6.92 Å². The second kappa shape index (κ2) is 8.12. The van der Waals surface area contributed by atoms with E-state index in [1.165, 1.54) is 11.3 Å². The molecule has 0 atom stereocenters. The van der Waals surface area contributed by atoms with Crippen LogP contribution >= 0.6 is 11.3 Å². The SMILES string of the molecule is Cc1ccc(NC(=O)c2ccc(N)cc2)cc1N(c1cccnc1)c1nccs1. The number of benzene rings is 2. The van der Waals surface area contributed by atoms with E-state index in [2.05, 4.69) is 15.3 Å². The van der Waals surface area contributed by atoms with Gasteiger partial charge >= 0.3 is 0 Å². The van der Waals surface area contributed by atoms with Gasteiger partial charge in [-0.05, 0) is 61.0 Å². The van der Waals surface area contributed by atoms with Crippen molar-refractivity contribution in [3.05, 3.63) is 89.7 Å². The van der Waals surface area contributed by atoms with Crippen LogP contribution in [-0.4, -0.2) is 15.9 Å². The fourth-order valence-corrected chi connectivity index (χ4v) is 3.61. The Morgan fingerprint density at radius 2 is 1.93 bits per heavy atom. The predicted octanol–water partition coefficient (Wildman–Crippen LogP) is 5.15. The van der Waals surface area contributed by atoms with Gasteiger partial charge in [-0.25, -0.2) is 4.98 Å². The van der Waals surface area contributed by atoms with Crippen molar-refractivity contribution in [3.8, 4) is 0 Å². The number of thiazole rings is 1. The van der Waals surface area contributed by atoms with Gasteiger partial charge in [-0.3, -0.25) is 14.7 Å². The van der Waals surface area contributed by atoms with Gasteiger partial charge in [0.2, 0.25) is 0 Å². The zero-order valence-electron chi connectivity index (χ0n) is 15.7. The minimum absolute atomic E-state index is 0.193. The number of nitrogen functional groups attached to an aromatic ring is 1. The van der Waals surface area contributed by atoms with Gasteiger partial charge in [-0.2, -0.15) is 0 Å². The third kappa shape index (κ3) is 4.09. The number of anilines is 5. The smallest absolute Gasteiger partial charge is 0.255 e. The summed E-state index contributed by atoms with van der Waals surface area (Å²) in [6.45, 7) is 2.03. The maximum Gasteiger partial charge on any atom is 0.255 e. The molecule has 2 aromatic heterocycles. The summed E-state index contributed by atoms with van der Waals surface area (Å²) in [7, 11) is 0. The molecule has 2 aromatic carbocycles. The molecular formula is C22H19N5OS. The number of carbonyl (C=O) groups excluding carboxylic acids is 1. The quantitative estimate of drug-likeness (QED) is 0.452. The lowest BCUT2D eigenvalue weighted by Crippen LogP contribution is -2.14. The molecule has 0 aliphatic heterocycles. The van der Waals surface area contributed by atoms with E-state index >= 15 is 0 Å². The fourth-order valence-electron chi connectivity index (χ4n) is 2.93. The number of nitrogens with one attached hydrogen (secondary N) is 1. The predicted molar refractivity (Wildman–Crippen MR) is 118 cm³/mol. The van der Waals surface area contributed by atoms with Crippen molar-refractivity contribution < 1.29 is 4.79 Å². The number of nitrogens with zero attached hydrogens (tertiary/aromatic N) is 3. The van der Waals surface area contributed by atoms with Crippen molar-refractivity contribution in [1.82, 2.24) is 9.97 Å². The Labute approximate surface area is 172 Å². The molecule has 7 heteroatoms. The molecule has 0 aliphatic carbocycles. The van der Waals surface area contributed by atoms with E-state index in [0.29, 0.717) is 16.9 Å². The van der Waals surface area contributed by atoms with Crippen LogP contribution in [0.15, 0.2) is 78.6 Å². The number of pyridine rings is 1. The molecule has 4 rings (SSSR count). The van der Waals surface area contributed by atoms with Crippen LogP contribution in [-0.2, 0) is 0 Å². The molecule has 0 spiro atoms. The number of aryl methyl sites for hydroxylation is 1. The number of nitrogens with two attached hydrogens (primary N) is 1. The average molecular weight is 401 g/mol. The Morgan fingerprint density at radius 1 is 1.10 bits per heavy atom. The fraction of sp³-hybridized carbons (Fsp3) is 0.0455. The van der Waals surface area contributed by atoms with Crippen LogP contribution in [0.4, 0.5) is 27.9 Å². The number of carbonyl (C=O) groups is 1. The van der Waals surface area contributed by atoms with Gasteiger partial charge in [0, 0.05) is 34.7 Å². The van der Waals surface area contributed by atoms with Crippen molar-refractivity contribution in [3.63, 3.8) is 0 Å². The van der Waals surface area contributed by atoms with E-state index in [-0.39, 0.29) is 5.91 Å². The first-order chi connectivity index (χ1) is 14.1. The standard InChI is InChI=1S/C22H19N5OS/c1-15-4-9-18(26-21(28)16-5-7-17(23)8-6-16)13-20(15)27(22-25-11-12-29-22)19-3-2-10-24-14-19/h2-14H,23H2,1H3,(H,26,28). The van der Waals surface area contributed by atoms with Crippen molar-refractivity contribution >= 4 is 45.1 Å². The summed E-state index contributed by atoms with van der Waals surface area (Å²) < 4.78 is 0. The number of amides is 1. The van der Waals surface area contributed by atoms with E-state index in [1.54, 1.807) is 42.9 Å². The largest absolute Gasteiger partial charge is 0.399 e. The molecule has 0 radical (unpaired) electrons. The summed E-state index contributed by atoms with van der Waals surface area (Å²) in [5.41, 5.74) is 10.4. The highest BCUT2D eigenvalue weighted by Gasteiger charge is 2.18. The first kappa shape index (κ1) is 18.6. The van der Waals surface area contributed by atoms with Gasteiger partial charge in [0.15, 0.2) is 5.13 Å². The zero-order chi connectivity index (χ0) is 20.2. The Kier molecular flexibility index (Phi) is 5.22. The van der Waals surface area contributed by atoms with Crippen LogP contribution in [0.3, 0.4) is 0 Å². The molecule has 1 amide bonds. The molecule has 0 saturated carbocycles. The third-order valence-corrected chi connectivity index (χ3v) is 5.15. The zero-order valence-corrected chi connectivity index (χ0v) is 16.6. The van der Waals surface area contributed by atoms with Gasteiger partial charge in [0.25, 0.3) is 5.91 Å². The monoisotopic (exact) mass is 401 g/mol. The third-order valence-electron chi connectivity index (χ3n) is 4.40. The molecule has 0 bridgehead atoms. The Balaban J connectivity index is 1.70. The number of hydrogen-bond donors (Lipinski definition) is 2. The lowest BCUT2D eigenvalue weighted by Gasteiger charge is -2.24. The summed E-state index contributed by atoms with van der Waals surface area (Å²) in [5.74, 6) is -0.193. The molecule has 3 N–H and O–H groups in total. The van der Waals surface area contributed by atoms with Crippen molar-refractivity contribution in [2.75, 3.05) is 16.0 Å². The normalized spacial score (nSPS) is 10.5. The number of hydrogen-bond acceptors (Lipinski definition) is 6. The lowest BCUT2D eigenvalue weighted by atomic mass is 10.1. The van der Waals surface area contributed by atoms with Crippen molar-refractivity contribution in [2.24, 2.45) is 0 Å². The summed E-state index contributed by atoms with van der Waals surface area (Å²) in [6.07, 6.45) is 5.30. The second-order valence-corrected chi connectivity index (χ2v) is 7.31. The van der Waals surface area contributed by atoms with Crippen LogP contribution in [0.25, 0.3) is 0 Å². The lowest BCUT2D eigenvalue weighted by molar-refractivity contribution is 0.102. The van der Waals surface area contributed by atoms with Gasteiger partial charge in [0.05, 0.1) is 17.6 Å². The van der Waals surface area contributed by atoms with Gasteiger partial charge in [0.1, 0.15) is 0 Å². The summed E-state index contributed by atoms with van der Waals surface area (Å²) in [6, 6.07) is 16.5. The molecule has 29 heavy (non-hydrogen) atoms. The Hall–Kier alpha value is -3.71. The summed E-state index contributed by atoms with van der Waals surface area (Å²) >= 11 is 1.54. The van der Waals surface area contributed by atoms with E-state index in [1.807, 2.05) is 47.5 Å². The minimum atomic E-state index is -0.193. The molecule has 144 valence electrons. The molecule has 0 saturated heterocycles. The number of aromatic nitrogens is 2. The van der Waals surface area contributed by atoms with Gasteiger partial charge in [-0.1, -0.05) is 6.07 Å². The first-order valence-corrected chi connectivity index (χ1v) is 9.87. The summed E-state index contributed by atoms with van der Waals surface area (Å²) in [4.78, 5) is 23.4. The maximum atomic E-state index is 12.6. The molecule has 4 aromatic rings. The Morgan fingerprint density at radius 3 is 2.62 bits per heavy atom. The highest BCUT2D eigenvalue weighted by molar-refractivity contribution is 7.13. The van der Waals surface area contributed by atoms with Crippen LogP contribution in [0.2, 0.25) is 0 Å². The van der Waals surface area contributed by atoms with E-state index in [0.717, 1.165) is 22.1 Å². The molecule has 0 unspecified atom stereocenters. The van der Waals surface area contributed by atoms with E-state index < -0.39 is 0 Å². The van der Waals surface area contributed by atoms with Crippen molar-refractivity contribution in [1.29, 1.82) is 0 Å². The van der Waals surface area contributed by atoms with Gasteiger partial charge in [-0.15, -0.1) is 11.3 Å². The topological polar surface area (TPSA) is 84.1 Å². The van der Waals surface area contributed by atoms with E-state index in [9.17, 15) is 4.79 Å². The highest BCUT2D eigenvalue weighted by atomic mass is 32.1.